The van der Waals surface area contributed by atoms with Crippen molar-refractivity contribution in [2.24, 2.45) is 0 Å². The molecule has 0 radical (unpaired) electrons. The van der Waals surface area contributed by atoms with Crippen LogP contribution in [0, 0.1) is 0 Å². The number of rotatable bonds is 6. The number of allylic oxidation sites excluding steroid dienone is 1. The van der Waals surface area contributed by atoms with E-state index in [1.807, 2.05) is 24.3 Å². The number of aromatic nitrogens is 2. The Kier molecular flexibility index (Phi) is 5.26. The molecule has 0 amide bonds. The van der Waals surface area contributed by atoms with Gasteiger partial charge in [-0.1, -0.05) is 48.5 Å². The molecule has 4 heteroatoms. The number of benzene rings is 4. The second-order valence-electron chi connectivity index (χ2n) is 7.65. The van der Waals surface area contributed by atoms with Gasteiger partial charge < -0.3 is 9.30 Å². The van der Waals surface area contributed by atoms with Crippen LogP contribution in [-0.2, 0) is 6.54 Å². The van der Waals surface area contributed by atoms with Crippen molar-refractivity contribution in [3.05, 3.63) is 114 Å². The lowest BCUT2D eigenvalue weighted by Crippen LogP contribution is -2.03. The number of imidazole rings is 1. The first-order valence-corrected chi connectivity index (χ1v) is 10.5. The van der Waals surface area contributed by atoms with Crippen LogP contribution in [0.3, 0.4) is 0 Å². The fourth-order valence-corrected chi connectivity index (χ4v) is 3.91. The molecule has 4 aromatic carbocycles. The Labute approximate surface area is 186 Å². The van der Waals surface area contributed by atoms with Crippen LogP contribution in [0.1, 0.15) is 21.7 Å². The van der Waals surface area contributed by atoms with Gasteiger partial charge in [0, 0.05) is 12.1 Å². The fraction of sp³-hybridized carbons (Fsp3) is 0.0714. The molecule has 4 nitrogen and oxygen atoms in total. The Morgan fingerprint density at radius 3 is 2.47 bits per heavy atom. The van der Waals surface area contributed by atoms with Crippen molar-refractivity contribution in [3.8, 4) is 5.75 Å². The van der Waals surface area contributed by atoms with Gasteiger partial charge >= 0.3 is 0 Å². The number of fused-ring (bicyclic) bond motifs is 2. The van der Waals surface area contributed by atoms with Crippen molar-refractivity contribution in [2.45, 2.75) is 6.54 Å². The highest BCUT2D eigenvalue weighted by Gasteiger charge is 2.10. The Bertz CT molecular complexity index is 1450. The molecular weight excluding hydrogens is 396 g/mol. The van der Waals surface area contributed by atoms with Crippen LogP contribution >= 0.6 is 0 Å². The van der Waals surface area contributed by atoms with E-state index in [9.17, 15) is 4.79 Å². The SMILES string of the molecule is COc1ccc(C(=O)/C=C/c2nc3ccccc3n2Cc2ccc3ccccc3c2)cc1. The summed E-state index contributed by atoms with van der Waals surface area (Å²) in [6.45, 7) is 0.668. The van der Waals surface area contributed by atoms with Crippen molar-refractivity contribution in [2.75, 3.05) is 7.11 Å². The predicted molar refractivity (Wildman–Crippen MR) is 129 cm³/mol. The quantitative estimate of drug-likeness (QED) is 0.246. The Morgan fingerprint density at radius 2 is 1.66 bits per heavy atom. The lowest BCUT2D eigenvalue weighted by atomic mass is 10.1. The maximum Gasteiger partial charge on any atom is 0.185 e. The molecule has 0 fully saturated rings. The number of hydrogen-bond donors (Lipinski definition) is 0. The number of ketones is 1. The minimum absolute atomic E-state index is 0.0723. The van der Waals surface area contributed by atoms with E-state index < -0.39 is 0 Å². The zero-order chi connectivity index (χ0) is 21.9. The van der Waals surface area contributed by atoms with E-state index in [-0.39, 0.29) is 5.78 Å². The third-order valence-electron chi connectivity index (χ3n) is 5.60. The largest absolute Gasteiger partial charge is 0.497 e. The lowest BCUT2D eigenvalue weighted by molar-refractivity contribution is 0.104. The summed E-state index contributed by atoms with van der Waals surface area (Å²) < 4.78 is 7.32. The van der Waals surface area contributed by atoms with Crippen molar-refractivity contribution < 1.29 is 9.53 Å². The van der Waals surface area contributed by atoms with E-state index in [0.717, 1.165) is 22.6 Å². The molecule has 5 rings (SSSR count). The van der Waals surface area contributed by atoms with Crippen LogP contribution in [0.25, 0.3) is 27.9 Å². The summed E-state index contributed by atoms with van der Waals surface area (Å²) in [6, 6.07) is 30.0. The second kappa shape index (κ2) is 8.52. The Morgan fingerprint density at radius 1 is 0.906 bits per heavy atom. The molecule has 0 saturated heterocycles. The van der Waals surface area contributed by atoms with E-state index in [0.29, 0.717) is 12.1 Å². The zero-order valence-corrected chi connectivity index (χ0v) is 17.7. The van der Waals surface area contributed by atoms with Crippen molar-refractivity contribution in [3.63, 3.8) is 0 Å². The van der Waals surface area contributed by atoms with Gasteiger partial charge in [-0.2, -0.15) is 0 Å². The number of para-hydroxylation sites is 2. The van der Waals surface area contributed by atoms with Gasteiger partial charge in [0.2, 0.25) is 0 Å². The predicted octanol–water partition coefficient (Wildman–Crippen LogP) is 6.14. The van der Waals surface area contributed by atoms with Crippen LogP contribution < -0.4 is 4.74 Å². The van der Waals surface area contributed by atoms with Crippen molar-refractivity contribution >= 4 is 33.7 Å². The number of carbonyl (C=O) groups excluding carboxylic acids is 1. The molecular formula is C28H22N2O2. The van der Waals surface area contributed by atoms with E-state index in [2.05, 4.69) is 47.0 Å². The van der Waals surface area contributed by atoms with Gasteiger partial charge in [-0.3, -0.25) is 4.79 Å². The molecule has 0 aliphatic rings. The Balaban J connectivity index is 1.49. The van der Waals surface area contributed by atoms with E-state index in [1.54, 1.807) is 43.5 Å². The highest BCUT2D eigenvalue weighted by molar-refractivity contribution is 6.06. The summed E-state index contributed by atoms with van der Waals surface area (Å²) in [5.74, 6) is 1.40. The molecule has 0 atom stereocenters. The van der Waals surface area contributed by atoms with Gasteiger partial charge in [0.05, 0.1) is 18.1 Å². The lowest BCUT2D eigenvalue weighted by Gasteiger charge is -2.09. The molecule has 5 aromatic rings. The van der Waals surface area contributed by atoms with Crippen LogP contribution in [0.15, 0.2) is 97.1 Å². The van der Waals surface area contributed by atoms with Gasteiger partial charge in [-0.25, -0.2) is 4.98 Å². The standard InChI is InChI=1S/C28H22N2O2/c1-32-24-14-12-22(13-15-24)27(31)16-17-28-29-25-8-4-5-9-26(25)30(28)19-20-10-11-21-6-2-3-7-23(21)18-20/h2-18H,19H2,1H3/b17-16+. The van der Waals surface area contributed by atoms with Gasteiger partial charge in [-0.05, 0) is 71.0 Å². The van der Waals surface area contributed by atoms with E-state index in [4.69, 9.17) is 9.72 Å². The van der Waals surface area contributed by atoms with Crippen molar-refractivity contribution in [1.29, 1.82) is 0 Å². The highest BCUT2D eigenvalue weighted by Crippen LogP contribution is 2.22. The molecule has 0 aliphatic carbocycles. The number of nitrogens with zero attached hydrogens (tertiary/aromatic N) is 2. The number of methoxy groups -OCH3 is 1. The minimum atomic E-state index is -0.0723. The van der Waals surface area contributed by atoms with Crippen LogP contribution in [0.4, 0.5) is 0 Å². The summed E-state index contributed by atoms with van der Waals surface area (Å²) in [6.07, 6.45) is 3.38. The molecule has 0 saturated carbocycles. The monoisotopic (exact) mass is 418 g/mol. The second-order valence-corrected chi connectivity index (χ2v) is 7.65. The molecule has 1 aromatic heterocycles. The van der Waals surface area contributed by atoms with Gasteiger partial charge in [0.25, 0.3) is 0 Å². The van der Waals surface area contributed by atoms with Crippen molar-refractivity contribution in [1.82, 2.24) is 9.55 Å². The third kappa shape index (κ3) is 3.91. The topological polar surface area (TPSA) is 44.1 Å². The summed E-state index contributed by atoms with van der Waals surface area (Å²) in [5.41, 5.74) is 3.74. The van der Waals surface area contributed by atoms with Crippen LogP contribution in [0.5, 0.6) is 5.75 Å². The fourth-order valence-electron chi connectivity index (χ4n) is 3.91. The average molecular weight is 418 g/mol. The summed E-state index contributed by atoms with van der Waals surface area (Å²) in [5, 5.41) is 2.43. The molecule has 0 spiro atoms. The number of hydrogen-bond acceptors (Lipinski definition) is 3. The highest BCUT2D eigenvalue weighted by atomic mass is 16.5. The summed E-state index contributed by atoms with van der Waals surface area (Å²) >= 11 is 0. The summed E-state index contributed by atoms with van der Waals surface area (Å²) in [4.78, 5) is 17.5. The average Bonchev–Trinajstić information content (AvgIpc) is 3.19. The van der Waals surface area contributed by atoms with Gasteiger partial charge in [0.15, 0.2) is 5.78 Å². The maximum absolute atomic E-state index is 12.7. The first-order chi connectivity index (χ1) is 15.7. The molecule has 32 heavy (non-hydrogen) atoms. The smallest absolute Gasteiger partial charge is 0.185 e. The molecule has 156 valence electrons. The maximum atomic E-state index is 12.7. The Hall–Kier alpha value is -4.18. The van der Waals surface area contributed by atoms with E-state index in [1.165, 1.54) is 16.3 Å². The van der Waals surface area contributed by atoms with Gasteiger partial charge in [-0.15, -0.1) is 0 Å². The molecule has 0 bridgehead atoms. The molecule has 0 unspecified atom stereocenters. The first-order valence-electron chi connectivity index (χ1n) is 10.5. The molecule has 1 heterocycles. The molecule has 0 N–H and O–H groups in total. The number of carbonyl (C=O) groups is 1. The normalized spacial score (nSPS) is 11.4. The first kappa shape index (κ1) is 19.8. The zero-order valence-electron chi connectivity index (χ0n) is 17.7. The van der Waals surface area contributed by atoms with Gasteiger partial charge in [0.1, 0.15) is 11.6 Å². The van der Waals surface area contributed by atoms with E-state index >= 15 is 0 Å². The third-order valence-corrected chi connectivity index (χ3v) is 5.60. The number of ether oxygens (including phenoxy) is 1. The minimum Gasteiger partial charge on any atom is -0.497 e. The van der Waals surface area contributed by atoms with Crippen LogP contribution in [-0.4, -0.2) is 22.4 Å². The molecule has 0 aliphatic heterocycles. The van der Waals surface area contributed by atoms with Crippen LogP contribution in [0.2, 0.25) is 0 Å². The summed E-state index contributed by atoms with van der Waals surface area (Å²) in [7, 11) is 1.61.